The zero-order valence-electron chi connectivity index (χ0n) is 14.5. The highest BCUT2D eigenvalue weighted by Crippen LogP contribution is 2.47. The Kier molecular flexibility index (Phi) is 3.60. The van der Waals surface area contributed by atoms with Crippen molar-refractivity contribution in [1.82, 2.24) is 5.32 Å². The van der Waals surface area contributed by atoms with Crippen LogP contribution in [-0.4, -0.2) is 11.2 Å². The molecule has 2 aliphatic rings. The van der Waals surface area contributed by atoms with Crippen molar-refractivity contribution in [1.29, 1.82) is 0 Å². The van der Waals surface area contributed by atoms with Crippen LogP contribution in [0.4, 0.5) is 9.18 Å². The quantitative estimate of drug-likeness (QED) is 0.801. The van der Waals surface area contributed by atoms with Crippen molar-refractivity contribution >= 4 is 6.09 Å². The van der Waals surface area contributed by atoms with E-state index < -0.39 is 6.09 Å². The predicted octanol–water partition coefficient (Wildman–Crippen LogP) is 5.26. The standard InChI is InChI=1S/C21H22FNO2/c1-21(2)11-15-9-16(14-7-5-13(6-8-14)12-3-4-12)18(22)10-17(15)19(21)23-20(24)25/h5-10,12,19,23H,3-4,11H2,1-2H3,(H,24,25). The second-order valence-corrected chi connectivity index (χ2v) is 7.98. The summed E-state index contributed by atoms with van der Waals surface area (Å²) in [5, 5.41) is 11.7. The monoisotopic (exact) mass is 339 g/mol. The summed E-state index contributed by atoms with van der Waals surface area (Å²) in [6.45, 7) is 4.02. The molecule has 1 fully saturated rings. The first kappa shape index (κ1) is 16.1. The molecule has 4 rings (SSSR count). The largest absolute Gasteiger partial charge is 0.465 e. The minimum absolute atomic E-state index is 0.276. The summed E-state index contributed by atoms with van der Waals surface area (Å²) in [5.41, 5.74) is 4.29. The molecule has 0 spiro atoms. The van der Waals surface area contributed by atoms with E-state index in [2.05, 4.69) is 17.4 Å². The molecule has 3 nitrogen and oxygen atoms in total. The van der Waals surface area contributed by atoms with Gasteiger partial charge >= 0.3 is 6.09 Å². The van der Waals surface area contributed by atoms with Gasteiger partial charge in [-0.15, -0.1) is 0 Å². The number of amides is 1. The smallest absolute Gasteiger partial charge is 0.405 e. The fraction of sp³-hybridized carbons (Fsp3) is 0.381. The van der Waals surface area contributed by atoms with Crippen molar-refractivity contribution in [3.8, 4) is 11.1 Å². The van der Waals surface area contributed by atoms with E-state index in [1.54, 1.807) is 0 Å². The van der Waals surface area contributed by atoms with Crippen molar-refractivity contribution in [2.24, 2.45) is 5.41 Å². The molecule has 4 heteroatoms. The maximum absolute atomic E-state index is 14.8. The van der Waals surface area contributed by atoms with Crippen LogP contribution in [0.2, 0.25) is 0 Å². The van der Waals surface area contributed by atoms with Crippen molar-refractivity contribution in [3.05, 3.63) is 58.9 Å². The number of hydrogen-bond donors (Lipinski definition) is 2. The maximum atomic E-state index is 14.8. The molecule has 130 valence electrons. The Morgan fingerprint density at radius 2 is 1.88 bits per heavy atom. The van der Waals surface area contributed by atoms with Crippen LogP contribution in [0.15, 0.2) is 36.4 Å². The topological polar surface area (TPSA) is 49.3 Å². The average molecular weight is 339 g/mol. The van der Waals surface area contributed by atoms with E-state index in [9.17, 15) is 9.18 Å². The average Bonchev–Trinajstić information content (AvgIpc) is 3.35. The first-order chi connectivity index (χ1) is 11.8. The summed E-state index contributed by atoms with van der Waals surface area (Å²) >= 11 is 0. The van der Waals surface area contributed by atoms with E-state index in [0.717, 1.165) is 23.1 Å². The molecule has 0 aromatic heterocycles. The van der Waals surface area contributed by atoms with E-state index >= 15 is 0 Å². The number of carboxylic acid groups (broad SMARTS) is 1. The lowest BCUT2D eigenvalue weighted by Crippen LogP contribution is -2.34. The highest BCUT2D eigenvalue weighted by atomic mass is 19.1. The molecule has 1 unspecified atom stereocenters. The van der Waals surface area contributed by atoms with E-state index in [1.807, 2.05) is 32.0 Å². The van der Waals surface area contributed by atoms with Gasteiger partial charge in [0.05, 0.1) is 6.04 Å². The third-order valence-electron chi connectivity index (χ3n) is 5.51. The van der Waals surface area contributed by atoms with Crippen LogP contribution in [0, 0.1) is 11.2 Å². The Morgan fingerprint density at radius 3 is 2.48 bits per heavy atom. The van der Waals surface area contributed by atoms with Crippen molar-refractivity contribution in [3.63, 3.8) is 0 Å². The zero-order chi connectivity index (χ0) is 17.8. The Balaban J connectivity index is 1.71. The van der Waals surface area contributed by atoms with Crippen LogP contribution in [0.5, 0.6) is 0 Å². The first-order valence-corrected chi connectivity index (χ1v) is 8.77. The predicted molar refractivity (Wildman–Crippen MR) is 95.2 cm³/mol. The summed E-state index contributed by atoms with van der Waals surface area (Å²) in [6, 6.07) is 11.2. The van der Waals surface area contributed by atoms with Gasteiger partial charge < -0.3 is 10.4 Å². The lowest BCUT2D eigenvalue weighted by Gasteiger charge is -2.27. The van der Waals surface area contributed by atoms with Crippen LogP contribution in [0.25, 0.3) is 11.1 Å². The van der Waals surface area contributed by atoms with E-state index in [1.165, 1.54) is 24.5 Å². The summed E-state index contributed by atoms with van der Waals surface area (Å²) in [6.07, 6.45) is 2.14. The summed E-state index contributed by atoms with van der Waals surface area (Å²) in [4.78, 5) is 11.1. The third kappa shape index (κ3) is 2.90. The van der Waals surface area contributed by atoms with E-state index in [-0.39, 0.29) is 17.3 Å². The number of nitrogens with one attached hydrogen (secondary N) is 1. The SMILES string of the molecule is CC1(C)Cc2cc(-c3ccc(C4CC4)cc3)c(F)cc2C1NC(=O)O. The molecular formula is C21H22FNO2. The Bertz CT molecular complexity index is 838. The van der Waals surface area contributed by atoms with Crippen molar-refractivity contribution in [2.45, 2.75) is 45.1 Å². The van der Waals surface area contributed by atoms with Gasteiger partial charge in [0.2, 0.25) is 0 Å². The fourth-order valence-corrected chi connectivity index (χ4v) is 4.04. The molecular weight excluding hydrogens is 317 g/mol. The van der Waals surface area contributed by atoms with Gasteiger partial charge in [0.15, 0.2) is 0 Å². The number of fused-ring (bicyclic) bond motifs is 1. The zero-order valence-corrected chi connectivity index (χ0v) is 14.5. The normalized spacial score (nSPS) is 21.0. The second-order valence-electron chi connectivity index (χ2n) is 7.98. The van der Waals surface area contributed by atoms with Gasteiger partial charge in [-0.05, 0) is 65.0 Å². The van der Waals surface area contributed by atoms with Crippen LogP contribution >= 0.6 is 0 Å². The number of halogens is 1. The molecule has 2 aliphatic carbocycles. The summed E-state index contributed by atoms with van der Waals surface area (Å²) < 4.78 is 14.8. The van der Waals surface area contributed by atoms with Gasteiger partial charge in [-0.1, -0.05) is 38.1 Å². The molecule has 2 aromatic carbocycles. The van der Waals surface area contributed by atoms with E-state index in [0.29, 0.717) is 11.5 Å². The van der Waals surface area contributed by atoms with Gasteiger partial charge in [0, 0.05) is 5.56 Å². The Labute approximate surface area is 146 Å². The molecule has 1 saturated carbocycles. The summed E-state index contributed by atoms with van der Waals surface area (Å²) in [5.74, 6) is 0.385. The number of hydrogen-bond acceptors (Lipinski definition) is 1. The fourth-order valence-electron chi connectivity index (χ4n) is 4.04. The van der Waals surface area contributed by atoms with E-state index in [4.69, 9.17) is 5.11 Å². The molecule has 1 atom stereocenters. The molecule has 0 bridgehead atoms. The highest BCUT2D eigenvalue weighted by Gasteiger charge is 2.40. The molecule has 2 aromatic rings. The summed E-state index contributed by atoms with van der Waals surface area (Å²) in [7, 11) is 0. The Hall–Kier alpha value is -2.36. The minimum Gasteiger partial charge on any atom is -0.465 e. The van der Waals surface area contributed by atoms with Gasteiger partial charge in [-0.3, -0.25) is 0 Å². The molecule has 0 aliphatic heterocycles. The van der Waals surface area contributed by atoms with Gasteiger partial charge in [0.25, 0.3) is 0 Å². The van der Waals surface area contributed by atoms with Crippen molar-refractivity contribution < 1.29 is 14.3 Å². The van der Waals surface area contributed by atoms with Gasteiger partial charge in [0.1, 0.15) is 5.82 Å². The van der Waals surface area contributed by atoms with Crippen LogP contribution in [0.3, 0.4) is 0 Å². The Morgan fingerprint density at radius 1 is 1.20 bits per heavy atom. The lowest BCUT2D eigenvalue weighted by atomic mass is 9.85. The molecule has 0 saturated heterocycles. The van der Waals surface area contributed by atoms with Crippen LogP contribution in [0.1, 0.15) is 55.3 Å². The second kappa shape index (κ2) is 5.58. The van der Waals surface area contributed by atoms with Gasteiger partial charge in [-0.25, -0.2) is 9.18 Å². The molecule has 0 heterocycles. The number of carbonyl (C=O) groups is 1. The maximum Gasteiger partial charge on any atom is 0.405 e. The van der Waals surface area contributed by atoms with Crippen molar-refractivity contribution in [2.75, 3.05) is 0 Å². The molecule has 25 heavy (non-hydrogen) atoms. The van der Waals surface area contributed by atoms with Gasteiger partial charge in [-0.2, -0.15) is 0 Å². The molecule has 0 radical (unpaired) electrons. The molecule has 2 N–H and O–H groups in total. The highest BCUT2D eigenvalue weighted by molar-refractivity contribution is 5.69. The van der Waals surface area contributed by atoms with Crippen LogP contribution in [-0.2, 0) is 6.42 Å². The number of benzene rings is 2. The lowest BCUT2D eigenvalue weighted by molar-refractivity contribution is 0.175. The molecule has 1 amide bonds. The minimum atomic E-state index is -1.08. The van der Waals surface area contributed by atoms with Crippen LogP contribution < -0.4 is 5.32 Å². The third-order valence-corrected chi connectivity index (χ3v) is 5.51. The number of rotatable bonds is 3. The first-order valence-electron chi connectivity index (χ1n) is 8.77.